The molecule has 0 saturated carbocycles. The first-order chi connectivity index (χ1) is 5.34. The van der Waals surface area contributed by atoms with Gasteiger partial charge in [0.15, 0.2) is 0 Å². The third kappa shape index (κ3) is 2.66. The average Bonchev–Trinajstić information content (AvgIpc) is 2.03. The Bertz CT molecular complexity index is 223. The SMILES string of the molecule is OCCCc1cccc[c]1[Cu]. The molecule has 0 heterocycles. The fourth-order valence-corrected chi connectivity index (χ4v) is 1.23. The number of aliphatic hydroxyl groups is 1. The van der Waals surface area contributed by atoms with Crippen LogP contribution in [0.4, 0.5) is 0 Å². The van der Waals surface area contributed by atoms with Crippen LogP contribution in [0.25, 0.3) is 0 Å². The second-order valence-corrected chi connectivity index (χ2v) is 2.88. The Labute approximate surface area is 75.3 Å². The van der Waals surface area contributed by atoms with Gasteiger partial charge in [-0.3, -0.25) is 0 Å². The van der Waals surface area contributed by atoms with Crippen molar-refractivity contribution in [1.82, 2.24) is 0 Å². The maximum absolute atomic E-state index is 8.58. The van der Waals surface area contributed by atoms with Gasteiger partial charge in [-0.05, 0) is 0 Å². The molecule has 1 aromatic carbocycles. The van der Waals surface area contributed by atoms with Crippen LogP contribution in [-0.4, -0.2) is 11.7 Å². The Kier molecular flexibility index (Phi) is 3.64. The fourth-order valence-electron chi connectivity index (χ4n) is 0.947. The quantitative estimate of drug-likeness (QED) is 0.712. The summed E-state index contributed by atoms with van der Waals surface area (Å²) in [6, 6.07) is 7.82. The summed E-state index contributed by atoms with van der Waals surface area (Å²) >= 11 is 5.23. The van der Waals surface area contributed by atoms with Crippen LogP contribution in [0.5, 0.6) is 0 Å². The summed E-state index contributed by atoms with van der Waals surface area (Å²) in [6.45, 7) is 0.237. The summed E-state index contributed by atoms with van der Waals surface area (Å²) in [5.41, 5.74) is 1.15. The Balaban J connectivity index is 2.62. The minimum atomic E-state index is 0.237. The molecule has 2 heteroatoms. The molecule has 11 heavy (non-hydrogen) atoms. The monoisotopic (exact) mass is 198 g/mol. The van der Waals surface area contributed by atoms with Crippen LogP contribution in [0.1, 0.15) is 12.0 Å². The van der Waals surface area contributed by atoms with Crippen molar-refractivity contribution in [2.24, 2.45) is 0 Å². The molecule has 0 amide bonds. The van der Waals surface area contributed by atoms with Crippen molar-refractivity contribution in [2.45, 2.75) is 12.8 Å². The third-order valence-corrected chi connectivity index (χ3v) is 1.98. The normalized spacial score (nSPS) is 10.1. The van der Waals surface area contributed by atoms with E-state index < -0.39 is 0 Å². The van der Waals surface area contributed by atoms with Crippen LogP contribution in [-0.2, 0) is 22.4 Å². The molecular weight excluding hydrogens is 188 g/mol. The van der Waals surface area contributed by atoms with Gasteiger partial charge in [-0.1, -0.05) is 0 Å². The zero-order chi connectivity index (χ0) is 8.10. The van der Waals surface area contributed by atoms with Crippen LogP contribution in [0.2, 0.25) is 0 Å². The van der Waals surface area contributed by atoms with Crippen molar-refractivity contribution < 1.29 is 21.1 Å². The average molecular weight is 199 g/mol. The molecule has 0 aliphatic carbocycles. The molecule has 0 unspecified atom stereocenters. The van der Waals surface area contributed by atoms with Gasteiger partial charge < -0.3 is 0 Å². The van der Waals surface area contributed by atoms with Gasteiger partial charge in [0.05, 0.1) is 0 Å². The van der Waals surface area contributed by atoms with Crippen molar-refractivity contribution in [3.8, 4) is 0 Å². The molecule has 0 spiro atoms. The van der Waals surface area contributed by atoms with E-state index in [0.29, 0.717) is 0 Å². The van der Waals surface area contributed by atoms with Gasteiger partial charge in [-0.25, -0.2) is 0 Å². The minimum absolute atomic E-state index is 0.237. The van der Waals surface area contributed by atoms with E-state index in [-0.39, 0.29) is 6.61 Å². The van der Waals surface area contributed by atoms with E-state index in [1.807, 2.05) is 24.3 Å². The zero-order valence-electron chi connectivity index (χ0n) is 6.18. The van der Waals surface area contributed by atoms with Gasteiger partial charge in [0.2, 0.25) is 0 Å². The van der Waals surface area contributed by atoms with E-state index in [4.69, 9.17) is 21.1 Å². The first-order valence-corrected chi connectivity index (χ1v) is 4.12. The Morgan fingerprint density at radius 3 is 2.64 bits per heavy atom. The topological polar surface area (TPSA) is 20.2 Å². The van der Waals surface area contributed by atoms with Crippen molar-refractivity contribution >= 4 is 4.46 Å². The predicted octanol–water partition coefficient (Wildman–Crippen LogP) is 0.784. The number of hydrogen-bond acceptors (Lipinski definition) is 1. The van der Waals surface area contributed by atoms with Gasteiger partial charge in [-0.2, -0.15) is 0 Å². The van der Waals surface area contributed by atoms with E-state index >= 15 is 0 Å². The molecule has 0 atom stereocenters. The summed E-state index contributed by atoms with van der Waals surface area (Å²) in [7, 11) is 0. The van der Waals surface area contributed by atoms with Crippen molar-refractivity contribution in [3.05, 3.63) is 29.8 Å². The number of rotatable bonds is 3. The molecule has 0 aliphatic rings. The van der Waals surface area contributed by atoms with E-state index in [2.05, 4.69) is 0 Å². The Morgan fingerprint density at radius 1 is 1.27 bits per heavy atom. The Morgan fingerprint density at radius 2 is 2.00 bits per heavy atom. The standard InChI is InChI=1S/C9H11O.Cu/c10-8-4-7-9-5-2-1-3-6-9;/h1-3,5,10H,4,7-8H2;. The molecule has 1 rings (SSSR count). The summed E-state index contributed by atoms with van der Waals surface area (Å²) in [4.78, 5) is 0. The van der Waals surface area contributed by atoms with E-state index in [0.717, 1.165) is 22.9 Å². The maximum atomic E-state index is 8.58. The molecular formula is C9H11CuO. The second-order valence-electron chi connectivity index (χ2n) is 2.38. The summed E-state index contributed by atoms with van der Waals surface area (Å²) in [5.74, 6) is 0. The Hall–Kier alpha value is -0.301. The molecule has 0 fully saturated rings. The van der Waals surface area contributed by atoms with Crippen LogP contribution in [0, 0.1) is 0 Å². The summed E-state index contributed by atoms with van der Waals surface area (Å²) in [6.07, 6.45) is 1.68. The van der Waals surface area contributed by atoms with Crippen molar-refractivity contribution in [2.75, 3.05) is 6.61 Å². The molecule has 1 N–H and O–H groups in total. The van der Waals surface area contributed by atoms with E-state index in [1.54, 1.807) is 0 Å². The van der Waals surface area contributed by atoms with Gasteiger partial charge in [0.25, 0.3) is 0 Å². The van der Waals surface area contributed by atoms with Crippen molar-refractivity contribution in [1.29, 1.82) is 0 Å². The third-order valence-electron chi connectivity index (χ3n) is 1.52. The van der Waals surface area contributed by atoms with Crippen LogP contribution >= 0.6 is 0 Å². The molecule has 1 aromatic rings. The molecule has 64 valence electrons. The number of aliphatic hydroxyl groups excluding tert-OH is 1. The van der Waals surface area contributed by atoms with E-state index in [1.165, 1.54) is 0 Å². The molecule has 0 aromatic heterocycles. The first-order valence-electron chi connectivity index (χ1n) is 3.65. The molecule has 0 radical (unpaired) electrons. The molecule has 1 nitrogen and oxygen atoms in total. The number of aryl methyl sites for hydroxylation is 1. The van der Waals surface area contributed by atoms with Crippen LogP contribution in [0.3, 0.4) is 0 Å². The van der Waals surface area contributed by atoms with Crippen LogP contribution in [0.15, 0.2) is 24.3 Å². The van der Waals surface area contributed by atoms with Gasteiger partial charge in [-0.15, -0.1) is 0 Å². The molecule has 0 saturated heterocycles. The van der Waals surface area contributed by atoms with Gasteiger partial charge >= 0.3 is 74.9 Å². The zero-order valence-corrected chi connectivity index (χ0v) is 7.12. The van der Waals surface area contributed by atoms with E-state index in [9.17, 15) is 0 Å². The summed E-state index contributed by atoms with van der Waals surface area (Å²) in [5, 5.41) is 8.58. The van der Waals surface area contributed by atoms with Gasteiger partial charge in [0.1, 0.15) is 0 Å². The fraction of sp³-hybridized carbons (Fsp3) is 0.333. The molecule has 0 bridgehead atoms. The second kappa shape index (κ2) is 4.55. The molecule has 0 aliphatic heterocycles. The van der Waals surface area contributed by atoms with Crippen molar-refractivity contribution in [3.63, 3.8) is 0 Å². The first kappa shape index (κ1) is 8.79. The van der Waals surface area contributed by atoms with Gasteiger partial charge in [0, 0.05) is 0 Å². The van der Waals surface area contributed by atoms with Crippen LogP contribution < -0.4 is 4.46 Å². The summed E-state index contributed by atoms with van der Waals surface area (Å²) < 4.78 is 0.883. The number of benzene rings is 1. The number of hydrogen-bond donors (Lipinski definition) is 1. The predicted molar refractivity (Wildman–Crippen MR) is 41.5 cm³/mol.